The first kappa shape index (κ1) is 16.0. The number of anilines is 1. The predicted molar refractivity (Wildman–Crippen MR) is 76.9 cm³/mol. The zero-order chi connectivity index (χ0) is 15.2. The molecule has 0 unspecified atom stereocenters. The fourth-order valence-electron chi connectivity index (χ4n) is 1.45. The van der Waals surface area contributed by atoms with Crippen molar-refractivity contribution in [2.75, 3.05) is 18.4 Å². The summed E-state index contributed by atoms with van der Waals surface area (Å²) in [5.74, 6) is 0. The van der Waals surface area contributed by atoms with Gasteiger partial charge >= 0.3 is 6.09 Å². The van der Waals surface area contributed by atoms with Crippen LogP contribution in [0.1, 0.15) is 27.7 Å². The van der Waals surface area contributed by atoms with Crippen molar-refractivity contribution >= 4 is 11.8 Å². The van der Waals surface area contributed by atoms with Crippen LogP contribution in [-0.2, 0) is 11.3 Å². The van der Waals surface area contributed by atoms with Gasteiger partial charge in [-0.05, 0) is 27.7 Å². The molecule has 1 rings (SSSR count). The fourth-order valence-corrected chi connectivity index (χ4v) is 1.45. The molecule has 0 saturated heterocycles. The first-order chi connectivity index (χ1) is 9.31. The fraction of sp³-hybridized carbons (Fsp3) is 0.615. The van der Waals surface area contributed by atoms with E-state index in [-0.39, 0.29) is 5.56 Å². The summed E-state index contributed by atoms with van der Waals surface area (Å²) in [7, 11) is 0. The van der Waals surface area contributed by atoms with Gasteiger partial charge in [0.15, 0.2) is 0 Å². The van der Waals surface area contributed by atoms with Crippen molar-refractivity contribution in [3.8, 4) is 0 Å². The van der Waals surface area contributed by atoms with Crippen LogP contribution in [0.5, 0.6) is 0 Å². The van der Waals surface area contributed by atoms with E-state index in [2.05, 4.69) is 15.7 Å². The lowest BCUT2D eigenvalue weighted by molar-refractivity contribution is 0.0530. The summed E-state index contributed by atoms with van der Waals surface area (Å²) in [5, 5.41) is 9.62. The number of rotatable bonds is 5. The van der Waals surface area contributed by atoms with Gasteiger partial charge in [0, 0.05) is 25.7 Å². The second kappa shape index (κ2) is 6.93. The van der Waals surface area contributed by atoms with E-state index in [1.165, 1.54) is 10.7 Å². The average Bonchev–Trinajstić information content (AvgIpc) is 2.33. The van der Waals surface area contributed by atoms with Crippen LogP contribution in [-0.4, -0.2) is 34.6 Å². The van der Waals surface area contributed by atoms with Gasteiger partial charge in [-0.1, -0.05) is 0 Å². The largest absolute Gasteiger partial charge is 0.444 e. The maximum Gasteiger partial charge on any atom is 0.407 e. The zero-order valence-electron chi connectivity index (χ0n) is 12.4. The Balaban J connectivity index is 2.33. The number of nitrogens with zero attached hydrogens (tertiary/aromatic N) is 2. The molecule has 0 aliphatic rings. The van der Waals surface area contributed by atoms with Gasteiger partial charge in [-0.2, -0.15) is 5.10 Å². The number of carbonyl (C=O) groups is 1. The van der Waals surface area contributed by atoms with Crippen molar-refractivity contribution in [3.63, 3.8) is 0 Å². The molecular formula is C13H22N4O3. The quantitative estimate of drug-likeness (QED) is 0.793. The number of aromatic nitrogens is 2. The number of carbonyl (C=O) groups excluding carboxylic acids is 1. The lowest BCUT2D eigenvalue weighted by Crippen LogP contribution is -2.35. The summed E-state index contributed by atoms with van der Waals surface area (Å²) in [4.78, 5) is 22.9. The Morgan fingerprint density at radius 2 is 2.10 bits per heavy atom. The highest BCUT2D eigenvalue weighted by atomic mass is 16.6. The van der Waals surface area contributed by atoms with Gasteiger partial charge in [-0.3, -0.25) is 4.79 Å². The normalized spacial score (nSPS) is 11.0. The van der Waals surface area contributed by atoms with Crippen LogP contribution in [0.2, 0.25) is 0 Å². The molecule has 7 nitrogen and oxygen atoms in total. The van der Waals surface area contributed by atoms with Gasteiger partial charge in [0.2, 0.25) is 0 Å². The molecule has 20 heavy (non-hydrogen) atoms. The van der Waals surface area contributed by atoms with E-state index >= 15 is 0 Å². The Bertz CT molecular complexity index is 505. The highest BCUT2D eigenvalue weighted by Gasteiger charge is 2.15. The molecule has 0 fully saturated rings. The molecule has 0 aliphatic carbocycles. The molecule has 0 radical (unpaired) electrons. The Morgan fingerprint density at radius 1 is 1.40 bits per heavy atom. The van der Waals surface area contributed by atoms with Gasteiger partial charge in [-0.15, -0.1) is 0 Å². The molecule has 1 heterocycles. The predicted octanol–water partition coefficient (Wildman–Crippen LogP) is 1.20. The van der Waals surface area contributed by atoms with Crippen LogP contribution in [0.4, 0.5) is 10.5 Å². The maximum atomic E-state index is 11.5. The average molecular weight is 282 g/mol. The Labute approximate surface area is 118 Å². The molecule has 1 aromatic heterocycles. The van der Waals surface area contributed by atoms with Gasteiger partial charge in [0.25, 0.3) is 5.56 Å². The third-order valence-electron chi connectivity index (χ3n) is 2.29. The Kier molecular flexibility index (Phi) is 5.54. The SMILES string of the molecule is CCn1ncc(NCCNC(=O)OC(C)(C)C)cc1=O. The van der Waals surface area contributed by atoms with E-state index in [0.717, 1.165) is 0 Å². The molecular weight excluding hydrogens is 260 g/mol. The van der Waals surface area contributed by atoms with Crippen LogP contribution >= 0.6 is 0 Å². The van der Waals surface area contributed by atoms with Crippen LogP contribution in [0.25, 0.3) is 0 Å². The molecule has 112 valence electrons. The second-order valence-electron chi connectivity index (χ2n) is 5.25. The number of hydrogen-bond donors (Lipinski definition) is 2. The molecule has 0 aromatic carbocycles. The molecule has 0 aliphatic heterocycles. The van der Waals surface area contributed by atoms with Crippen LogP contribution in [0, 0.1) is 0 Å². The number of nitrogens with one attached hydrogen (secondary N) is 2. The van der Waals surface area contributed by atoms with Gasteiger partial charge in [0.05, 0.1) is 11.9 Å². The molecule has 1 aromatic rings. The van der Waals surface area contributed by atoms with E-state index < -0.39 is 11.7 Å². The first-order valence-corrected chi connectivity index (χ1v) is 6.59. The number of aryl methyl sites for hydroxylation is 1. The van der Waals surface area contributed by atoms with Crippen molar-refractivity contribution < 1.29 is 9.53 Å². The molecule has 0 saturated carbocycles. The van der Waals surface area contributed by atoms with Crippen molar-refractivity contribution in [3.05, 3.63) is 22.6 Å². The van der Waals surface area contributed by atoms with Gasteiger partial charge in [0.1, 0.15) is 5.60 Å². The van der Waals surface area contributed by atoms with E-state index in [1.807, 2.05) is 6.92 Å². The third kappa shape index (κ3) is 5.73. The summed E-state index contributed by atoms with van der Waals surface area (Å²) >= 11 is 0. The number of alkyl carbamates (subject to hydrolysis) is 1. The van der Waals surface area contributed by atoms with Crippen molar-refractivity contribution in [2.24, 2.45) is 0 Å². The van der Waals surface area contributed by atoms with Crippen LogP contribution in [0.3, 0.4) is 0 Å². The first-order valence-electron chi connectivity index (χ1n) is 6.59. The number of ether oxygens (including phenoxy) is 1. The summed E-state index contributed by atoms with van der Waals surface area (Å²) in [6.07, 6.45) is 1.12. The highest BCUT2D eigenvalue weighted by molar-refractivity contribution is 5.67. The minimum atomic E-state index is -0.508. The van der Waals surface area contributed by atoms with Gasteiger partial charge < -0.3 is 15.4 Å². The Morgan fingerprint density at radius 3 is 2.65 bits per heavy atom. The minimum absolute atomic E-state index is 0.155. The molecule has 2 N–H and O–H groups in total. The summed E-state index contributed by atoms with van der Waals surface area (Å²) in [6.45, 7) is 8.69. The second-order valence-corrected chi connectivity index (χ2v) is 5.25. The smallest absolute Gasteiger partial charge is 0.407 e. The summed E-state index contributed by atoms with van der Waals surface area (Å²) in [5.41, 5.74) is -0.0326. The number of hydrogen-bond acceptors (Lipinski definition) is 5. The van der Waals surface area contributed by atoms with E-state index in [1.54, 1.807) is 27.0 Å². The standard InChI is InChI=1S/C13H22N4O3/c1-5-17-11(18)8-10(9-16-17)14-6-7-15-12(19)20-13(2,3)4/h8-9,14H,5-7H2,1-4H3,(H,15,19). The molecule has 0 bridgehead atoms. The van der Waals surface area contributed by atoms with Crippen LogP contribution < -0.4 is 16.2 Å². The lowest BCUT2D eigenvalue weighted by atomic mass is 10.2. The van der Waals surface area contributed by atoms with Crippen LogP contribution in [0.15, 0.2) is 17.1 Å². The van der Waals surface area contributed by atoms with E-state index in [0.29, 0.717) is 25.3 Å². The minimum Gasteiger partial charge on any atom is -0.444 e. The van der Waals surface area contributed by atoms with E-state index in [4.69, 9.17) is 4.74 Å². The van der Waals surface area contributed by atoms with Crippen molar-refractivity contribution in [1.82, 2.24) is 15.1 Å². The zero-order valence-corrected chi connectivity index (χ0v) is 12.4. The van der Waals surface area contributed by atoms with Gasteiger partial charge in [-0.25, -0.2) is 9.48 Å². The Hall–Kier alpha value is -2.05. The number of amides is 1. The van der Waals surface area contributed by atoms with Crippen molar-refractivity contribution in [2.45, 2.75) is 39.8 Å². The monoisotopic (exact) mass is 282 g/mol. The lowest BCUT2D eigenvalue weighted by Gasteiger charge is -2.19. The molecule has 0 spiro atoms. The molecule has 7 heteroatoms. The van der Waals surface area contributed by atoms with Crippen molar-refractivity contribution in [1.29, 1.82) is 0 Å². The summed E-state index contributed by atoms with van der Waals surface area (Å²) < 4.78 is 6.46. The molecule has 1 amide bonds. The summed E-state index contributed by atoms with van der Waals surface area (Å²) in [6, 6.07) is 1.48. The topological polar surface area (TPSA) is 85.2 Å². The third-order valence-corrected chi connectivity index (χ3v) is 2.29. The maximum absolute atomic E-state index is 11.5. The van der Waals surface area contributed by atoms with E-state index in [9.17, 15) is 9.59 Å². The molecule has 0 atom stereocenters. The highest BCUT2D eigenvalue weighted by Crippen LogP contribution is 2.06.